The molecule has 0 N–H and O–H groups in total. The second-order valence-electron chi connectivity index (χ2n) is 10.9. The Hall–Kier alpha value is -1.69. The Morgan fingerprint density at radius 2 is 1.97 bits per heavy atom. The van der Waals surface area contributed by atoms with E-state index in [1.54, 1.807) is 0 Å². The Bertz CT molecular complexity index is 892. The quantitative estimate of drug-likeness (QED) is 0.373. The fourth-order valence-electron chi connectivity index (χ4n) is 8.53. The molecule has 5 fully saturated rings. The van der Waals surface area contributed by atoms with E-state index in [0.717, 1.165) is 31.3 Å². The van der Waals surface area contributed by atoms with Crippen molar-refractivity contribution in [2.75, 3.05) is 7.11 Å². The van der Waals surface area contributed by atoms with Crippen LogP contribution in [-0.4, -0.2) is 42.6 Å². The van der Waals surface area contributed by atoms with Crippen LogP contribution in [0, 0.1) is 34.5 Å². The third-order valence-electron chi connectivity index (χ3n) is 10.1. The van der Waals surface area contributed by atoms with Crippen LogP contribution < -0.4 is 0 Å². The van der Waals surface area contributed by atoms with Gasteiger partial charge in [-0.05, 0) is 42.9 Å². The molecule has 0 aromatic rings. The molecule has 6 rings (SSSR count). The molecule has 0 bridgehead atoms. The van der Waals surface area contributed by atoms with Crippen LogP contribution in [0.2, 0.25) is 0 Å². The van der Waals surface area contributed by atoms with Gasteiger partial charge in [-0.25, -0.2) is 0 Å². The van der Waals surface area contributed by atoms with Gasteiger partial charge in [0.2, 0.25) is 0 Å². The first-order valence-electron chi connectivity index (χ1n) is 11.4. The number of carbonyl (C=O) groups excluding carboxylic acids is 3. The number of fused-ring (bicyclic) bond motifs is 9. The molecule has 0 aromatic heterocycles. The normalized spacial score (nSPS) is 53.2. The average molecular weight is 414 g/mol. The predicted molar refractivity (Wildman–Crippen MR) is 105 cm³/mol. The van der Waals surface area contributed by atoms with Gasteiger partial charge in [0.25, 0.3) is 0 Å². The number of epoxide rings is 1. The minimum Gasteiger partial charge on any atom is -0.469 e. The Labute approximate surface area is 176 Å². The van der Waals surface area contributed by atoms with Gasteiger partial charge < -0.3 is 14.2 Å². The molecule has 6 heteroatoms. The summed E-state index contributed by atoms with van der Waals surface area (Å²) in [6, 6.07) is 0. The highest BCUT2D eigenvalue weighted by atomic mass is 16.6. The van der Waals surface area contributed by atoms with Gasteiger partial charge in [-0.2, -0.15) is 0 Å². The van der Waals surface area contributed by atoms with E-state index in [1.807, 2.05) is 0 Å². The standard InChI is InChI=1S/C24H30O6/c1-22-7-4-13(25)10-12(22)11-14(21(27)28-3)17-15-5-8-24(9-6-16(26)30-24)23(15,2)20-19(29-20)18(17)22/h11,14-15,17-20H,4-10H2,1-3H3/t14-,15?,17?,18?,19?,20+,22+,23-,24?/m1/s1. The average Bonchev–Trinajstić information content (AvgIpc) is 3.35. The summed E-state index contributed by atoms with van der Waals surface area (Å²) in [5, 5.41) is 0. The number of ketones is 1. The van der Waals surface area contributed by atoms with Crippen molar-refractivity contribution in [3.8, 4) is 0 Å². The fraction of sp³-hybridized carbons (Fsp3) is 0.792. The van der Waals surface area contributed by atoms with Crippen LogP contribution >= 0.6 is 0 Å². The molecule has 0 amide bonds. The van der Waals surface area contributed by atoms with Gasteiger partial charge in [-0.1, -0.05) is 25.5 Å². The Morgan fingerprint density at radius 1 is 1.17 bits per heavy atom. The van der Waals surface area contributed by atoms with E-state index in [2.05, 4.69) is 19.9 Å². The maximum Gasteiger partial charge on any atom is 0.312 e. The summed E-state index contributed by atoms with van der Waals surface area (Å²) >= 11 is 0. The molecule has 6 nitrogen and oxygen atoms in total. The van der Waals surface area contributed by atoms with Crippen molar-refractivity contribution in [2.24, 2.45) is 34.5 Å². The van der Waals surface area contributed by atoms with Crippen molar-refractivity contribution in [3.05, 3.63) is 11.6 Å². The molecule has 2 aliphatic heterocycles. The monoisotopic (exact) mass is 414 g/mol. The van der Waals surface area contributed by atoms with Crippen molar-refractivity contribution in [1.82, 2.24) is 0 Å². The molecule has 6 aliphatic rings. The summed E-state index contributed by atoms with van der Waals surface area (Å²) in [4.78, 5) is 37.4. The number of rotatable bonds is 1. The van der Waals surface area contributed by atoms with Gasteiger partial charge in [0.05, 0.1) is 25.2 Å². The van der Waals surface area contributed by atoms with Gasteiger partial charge in [-0.3, -0.25) is 14.4 Å². The van der Waals surface area contributed by atoms with Crippen LogP contribution in [0.25, 0.3) is 0 Å². The lowest BCUT2D eigenvalue weighted by molar-refractivity contribution is -0.170. The zero-order valence-electron chi connectivity index (χ0n) is 17.9. The third-order valence-corrected chi connectivity index (χ3v) is 10.1. The summed E-state index contributed by atoms with van der Waals surface area (Å²) in [5.74, 6) is 0.0844. The molecule has 4 aliphatic carbocycles. The number of allylic oxidation sites excluding steroid dienone is 1. The van der Waals surface area contributed by atoms with Crippen LogP contribution in [0.5, 0.6) is 0 Å². The highest BCUT2D eigenvalue weighted by Gasteiger charge is 2.79. The summed E-state index contributed by atoms with van der Waals surface area (Å²) in [6.07, 6.45) is 7.04. The van der Waals surface area contributed by atoms with Gasteiger partial charge in [-0.15, -0.1) is 0 Å². The summed E-state index contributed by atoms with van der Waals surface area (Å²) in [7, 11) is 1.45. The second-order valence-corrected chi connectivity index (χ2v) is 10.9. The molecule has 1 spiro atoms. The number of esters is 2. The molecule has 2 heterocycles. The van der Waals surface area contributed by atoms with E-state index in [1.165, 1.54) is 7.11 Å². The lowest BCUT2D eigenvalue weighted by atomic mass is 9.45. The van der Waals surface area contributed by atoms with E-state index in [-0.39, 0.29) is 64.4 Å². The highest BCUT2D eigenvalue weighted by Crippen LogP contribution is 2.74. The molecule has 30 heavy (non-hydrogen) atoms. The molecule has 2 saturated heterocycles. The minimum absolute atomic E-state index is 0.0552. The molecular weight excluding hydrogens is 384 g/mol. The van der Waals surface area contributed by atoms with Crippen LogP contribution in [0.3, 0.4) is 0 Å². The summed E-state index contributed by atoms with van der Waals surface area (Å²) < 4.78 is 17.7. The van der Waals surface area contributed by atoms with E-state index in [0.29, 0.717) is 19.3 Å². The SMILES string of the molecule is COC(=O)[C@@H]1C=C2CC(=O)CC[C@]2(C)C2C1C1CCC3(CCC(=O)O3)[C@@]1(C)[C@H]1OC21. The Kier molecular flexibility index (Phi) is 3.65. The van der Waals surface area contributed by atoms with Gasteiger partial charge in [0, 0.05) is 30.6 Å². The Morgan fingerprint density at radius 3 is 2.67 bits per heavy atom. The second kappa shape index (κ2) is 5.76. The van der Waals surface area contributed by atoms with Crippen molar-refractivity contribution in [3.63, 3.8) is 0 Å². The van der Waals surface area contributed by atoms with Crippen LogP contribution in [0.1, 0.15) is 58.8 Å². The number of hydrogen-bond acceptors (Lipinski definition) is 6. The van der Waals surface area contributed by atoms with Crippen LogP contribution in [0.4, 0.5) is 0 Å². The highest BCUT2D eigenvalue weighted by molar-refractivity contribution is 5.84. The number of Topliss-reactive ketones (excluding diaryl/α,β-unsaturated/α-hetero) is 1. The molecule has 3 saturated carbocycles. The van der Waals surface area contributed by atoms with E-state index >= 15 is 0 Å². The molecule has 162 valence electrons. The lowest BCUT2D eigenvalue weighted by Crippen LogP contribution is -2.61. The number of hydrogen-bond donors (Lipinski definition) is 0. The molecule has 0 radical (unpaired) electrons. The zero-order valence-corrected chi connectivity index (χ0v) is 17.9. The smallest absolute Gasteiger partial charge is 0.312 e. The van der Waals surface area contributed by atoms with Crippen LogP contribution in [-0.2, 0) is 28.6 Å². The molecular formula is C24H30O6. The van der Waals surface area contributed by atoms with Gasteiger partial charge in [0.1, 0.15) is 11.4 Å². The maximum absolute atomic E-state index is 13.0. The maximum atomic E-state index is 13.0. The zero-order chi connectivity index (χ0) is 21.1. The van der Waals surface area contributed by atoms with E-state index in [4.69, 9.17) is 14.2 Å². The topological polar surface area (TPSA) is 82.2 Å². The van der Waals surface area contributed by atoms with Gasteiger partial charge in [0.15, 0.2) is 0 Å². The number of carbonyl (C=O) groups is 3. The first-order chi connectivity index (χ1) is 14.2. The number of ether oxygens (including phenoxy) is 3. The van der Waals surface area contributed by atoms with Crippen molar-refractivity contribution in [1.29, 1.82) is 0 Å². The summed E-state index contributed by atoms with van der Waals surface area (Å²) in [6.45, 7) is 4.52. The van der Waals surface area contributed by atoms with Crippen molar-refractivity contribution in [2.45, 2.75) is 76.6 Å². The largest absolute Gasteiger partial charge is 0.469 e. The summed E-state index contributed by atoms with van der Waals surface area (Å²) in [5.41, 5.74) is 0.246. The fourth-order valence-corrected chi connectivity index (χ4v) is 8.53. The first-order valence-corrected chi connectivity index (χ1v) is 11.4. The molecule has 0 aromatic carbocycles. The van der Waals surface area contributed by atoms with Crippen molar-refractivity contribution < 1.29 is 28.6 Å². The molecule has 5 unspecified atom stereocenters. The van der Waals surface area contributed by atoms with E-state index in [9.17, 15) is 14.4 Å². The van der Waals surface area contributed by atoms with Crippen LogP contribution in [0.15, 0.2) is 11.6 Å². The van der Waals surface area contributed by atoms with E-state index < -0.39 is 5.60 Å². The van der Waals surface area contributed by atoms with Crippen molar-refractivity contribution >= 4 is 17.7 Å². The number of methoxy groups -OCH3 is 1. The molecule has 9 atom stereocenters. The Balaban J connectivity index is 1.49. The minimum atomic E-state index is -0.465. The lowest BCUT2D eigenvalue weighted by Gasteiger charge is -2.57. The first kappa shape index (κ1) is 19.0. The van der Waals surface area contributed by atoms with Gasteiger partial charge >= 0.3 is 11.9 Å². The predicted octanol–water partition coefficient (Wildman–Crippen LogP) is 2.98. The third kappa shape index (κ3) is 2.07.